The molecule has 1 aliphatic carbocycles. The first-order chi connectivity index (χ1) is 9.34. The second-order valence-corrected chi connectivity index (χ2v) is 7.44. The molecule has 0 aromatic carbocycles. The molecule has 1 aromatic heterocycles. The van der Waals surface area contributed by atoms with Gasteiger partial charge in [-0.2, -0.15) is 5.10 Å². The number of rotatable bonds is 4. The molecule has 0 spiro atoms. The summed E-state index contributed by atoms with van der Waals surface area (Å²) in [6, 6.07) is 0. The molecule has 0 atom stereocenters. The summed E-state index contributed by atoms with van der Waals surface area (Å²) in [5.74, 6) is 1.65. The molecule has 20 heavy (non-hydrogen) atoms. The van der Waals surface area contributed by atoms with Crippen molar-refractivity contribution < 1.29 is 5.11 Å². The lowest BCUT2D eigenvalue weighted by molar-refractivity contribution is -0.0265. The van der Waals surface area contributed by atoms with E-state index in [1.54, 1.807) is 6.33 Å². The highest BCUT2D eigenvalue weighted by Crippen LogP contribution is 2.42. The Morgan fingerprint density at radius 2 is 2.00 bits per heavy atom. The van der Waals surface area contributed by atoms with Crippen molar-refractivity contribution >= 4 is 0 Å². The molecule has 2 rings (SSSR count). The molecule has 4 heteroatoms. The standard InChI is InChI=1S/C16H29N3O/c1-5-10-19-14(17-12-18-19)11-16(20)8-6-13(7-9-16)15(2,3)4/h12-13,20H,5-11H2,1-4H3. The number of hydrogen-bond donors (Lipinski definition) is 1. The number of aliphatic hydroxyl groups is 1. The lowest BCUT2D eigenvalue weighted by Crippen LogP contribution is -2.39. The number of aryl methyl sites for hydroxylation is 1. The van der Waals surface area contributed by atoms with Crippen LogP contribution < -0.4 is 0 Å². The Hall–Kier alpha value is -0.900. The summed E-state index contributed by atoms with van der Waals surface area (Å²) in [6.07, 6.45) is 7.28. The van der Waals surface area contributed by atoms with Crippen molar-refractivity contribution in [3.8, 4) is 0 Å². The van der Waals surface area contributed by atoms with Gasteiger partial charge in [-0.15, -0.1) is 0 Å². The second kappa shape index (κ2) is 5.84. The molecule has 1 N–H and O–H groups in total. The minimum Gasteiger partial charge on any atom is -0.389 e. The molecule has 1 heterocycles. The summed E-state index contributed by atoms with van der Waals surface area (Å²) < 4.78 is 1.94. The van der Waals surface area contributed by atoms with Gasteiger partial charge >= 0.3 is 0 Å². The van der Waals surface area contributed by atoms with Gasteiger partial charge < -0.3 is 5.11 Å². The van der Waals surface area contributed by atoms with Gasteiger partial charge in [-0.05, 0) is 43.4 Å². The summed E-state index contributed by atoms with van der Waals surface area (Å²) in [4.78, 5) is 4.33. The van der Waals surface area contributed by atoms with E-state index < -0.39 is 5.60 Å². The van der Waals surface area contributed by atoms with Crippen LogP contribution >= 0.6 is 0 Å². The first-order valence-electron chi connectivity index (χ1n) is 7.93. The Morgan fingerprint density at radius 1 is 1.35 bits per heavy atom. The number of hydrogen-bond acceptors (Lipinski definition) is 3. The average molecular weight is 279 g/mol. The SMILES string of the molecule is CCCn1ncnc1CC1(O)CCC(C(C)(C)C)CC1. The summed E-state index contributed by atoms with van der Waals surface area (Å²) in [5, 5.41) is 15.1. The van der Waals surface area contributed by atoms with Crippen LogP contribution in [0.15, 0.2) is 6.33 Å². The first kappa shape index (κ1) is 15.5. The van der Waals surface area contributed by atoms with Crippen LogP contribution in [0.25, 0.3) is 0 Å². The summed E-state index contributed by atoms with van der Waals surface area (Å²) in [5.41, 5.74) is -0.232. The Bertz CT molecular complexity index is 425. The van der Waals surface area contributed by atoms with E-state index in [4.69, 9.17) is 0 Å². The fraction of sp³-hybridized carbons (Fsp3) is 0.875. The summed E-state index contributed by atoms with van der Waals surface area (Å²) >= 11 is 0. The van der Waals surface area contributed by atoms with Gasteiger partial charge in [0.05, 0.1) is 5.60 Å². The fourth-order valence-electron chi connectivity index (χ4n) is 3.32. The van der Waals surface area contributed by atoms with Crippen LogP contribution in [0.5, 0.6) is 0 Å². The number of aromatic nitrogens is 3. The Kier molecular flexibility index (Phi) is 4.52. The quantitative estimate of drug-likeness (QED) is 0.921. The monoisotopic (exact) mass is 279 g/mol. The number of nitrogens with zero attached hydrogens (tertiary/aromatic N) is 3. The van der Waals surface area contributed by atoms with Crippen molar-refractivity contribution in [1.29, 1.82) is 0 Å². The first-order valence-corrected chi connectivity index (χ1v) is 7.93. The predicted molar refractivity (Wildman–Crippen MR) is 80.4 cm³/mol. The topological polar surface area (TPSA) is 50.9 Å². The Morgan fingerprint density at radius 3 is 2.55 bits per heavy atom. The third kappa shape index (κ3) is 3.60. The van der Waals surface area contributed by atoms with Gasteiger partial charge in [0.2, 0.25) is 0 Å². The maximum absolute atomic E-state index is 10.8. The van der Waals surface area contributed by atoms with Crippen molar-refractivity contribution in [2.24, 2.45) is 11.3 Å². The molecule has 0 aliphatic heterocycles. The van der Waals surface area contributed by atoms with Gasteiger partial charge in [-0.25, -0.2) is 4.98 Å². The van der Waals surface area contributed by atoms with Crippen molar-refractivity contribution in [3.63, 3.8) is 0 Å². The minimum atomic E-state index is -0.583. The molecule has 0 radical (unpaired) electrons. The van der Waals surface area contributed by atoms with Gasteiger partial charge in [0.15, 0.2) is 0 Å². The highest BCUT2D eigenvalue weighted by atomic mass is 16.3. The van der Waals surface area contributed by atoms with E-state index in [0.29, 0.717) is 11.8 Å². The van der Waals surface area contributed by atoms with E-state index >= 15 is 0 Å². The van der Waals surface area contributed by atoms with Crippen molar-refractivity contribution in [3.05, 3.63) is 12.2 Å². The van der Waals surface area contributed by atoms with Gasteiger partial charge in [-0.3, -0.25) is 4.68 Å². The normalized spacial score (nSPS) is 27.8. The van der Waals surface area contributed by atoms with Crippen LogP contribution in [0.2, 0.25) is 0 Å². The molecule has 0 bridgehead atoms. The maximum atomic E-state index is 10.8. The van der Waals surface area contributed by atoms with Crippen LogP contribution in [0.4, 0.5) is 0 Å². The second-order valence-electron chi connectivity index (χ2n) is 7.44. The Labute approximate surface area is 122 Å². The van der Waals surface area contributed by atoms with Crippen molar-refractivity contribution in [2.45, 2.75) is 78.4 Å². The molecular weight excluding hydrogens is 250 g/mol. The lowest BCUT2D eigenvalue weighted by Gasteiger charge is -2.41. The van der Waals surface area contributed by atoms with Crippen LogP contribution in [0, 0.1) is 11.3 Å². The zero-order valence-electron chi connectivity index (χ0n) is 13.4. The molecule has 1 aromatic rings. The molecular formula is C16H29N3O. The smallest absolute Gasteiger partial charge is 0.138 e. The molecule has 0 amide bonds. The van der Waals surface area contributed by atoms with E-state index in [1.807, 2.05) is 4.68 Å². The average Bonchev–Trinajstić information content (AvgIpc) is 2.76. The molecule has 1 aliphatic rings. The molecule has 0 saturated heterocycles. The van der Waals surface area contributed by atoms with Gasteiger partial charge in [0.1, 0.15) is 12.2 Å². The highest BCUT2D eigenvalue weighted by molar-refractivity contribution is 4.98. The largest absolute Gasteiger partial charge is 0.389 e. The van der Waals surface area contributed by atoms with E-state index in [9.17, 15) is 5.11 Å². The zero-order valence-corrected chi connectivity index (χ0v) is 13.4. The third-order valence-electron chi connectivity index (χ3n) is 4.76. The fourth-order valence-corrected chi connectivity index (χ4v) is 3.32. The minimum absolute atomic E-state index is 0.351. The third-order valence-corrected chi connectivity index (χ3v) is 4.76. The van der Waals surface area contributed by atoms with Gasteiger partial charge in [0.25, 0.3) is 0 Å². The van der Waals surface area contributed by atoms with E-state index in [1.165, 1.54) is 0 Å². The van der Waals surface area contributed by atoms with Gasteiger partial charge in [0, 0.05) is 13.0 Å². The molecule has 4 nitrogen and oxygen atoms in total. The predicted octanol–water partition coefficient (Wildman–Crippen LogP) is 3.20. The van der Waals surface area contributed by atoms with Crippen LogP contribution in [-0.2, 0) is 13.0 Å². The summed E-state index contributed by atoms with van der Waals surface area (Å²) in [6.45, 7) is 9.94. The molecule has 114 valence electrons. The Balaban J connectivity index is 1.98. The van der Waals surface area contributed by atoms with E-state index in [-0.39, 0.29) is 0 Å². The van der Waals surface area contributed by atoms with Crippen molar-refractivity contribution in [1.82, 2.24) is 14.8 Å². The lowest BCUT2D eigenvalue weighted by atomic mass is 9.67. The van der Waals surface area contributed by atoms with Crippen LogP contribution in [-0.4, -0.2) is 25.5 Å². The molecule has 1 fully saturated rings. The van der Waals surface area contributed by atoms with Crippen molar-refractivity contribution in [2.75, 3.05) is 0 Å². The van der Waals surface area contributed by atoms with E-state index in [2.05, 4.69) is 37.8 Å². The summed E-state index contributed by atoms with van der Waals surface area (Å²) in [7, 11) is 0. The zero-order chi connectivity index (χ0) is 14.8. The van der Waals surface area contributed by atoms with Gasteiger partial charge in [-0.1, -0.05) is 27.7 Å². The van der Waals surface area contributed by atoms with Crippen LogP contribution in [0.1, 0.15) is 65.6 Å². The maximum Gasteiger partial charge on any atom is 0.138 e. The highest BCUT2D eigenvalue weighted by Gasteiger charge is 2.38. The molecule has 0 unspecified atom stereocenters. The van der Waals surface area contributed by atoms with E-state index in [0.717, 1.165) is 50.4 Å². The van der Waals surface area contributed by atoms with Crippen LogP contribution in [0.3, 0.4) is 0 Å². The molecule has 1 saturated carbocycles.